The Bertz CT molecular complexity index is 657. The van der Waals surface area contributed by atoms with Gasteiger partial charge in [-0.3, -0.25) is 9.80 Å². The number of halogens is 2. The molecule has 0 saturated carbocycles. The number of hydrogen-bond acceptors (Lipinski definition) is 3. The van der Waals surface area contributed by atoms with Crippen molar-refractivity contribution in [3.63, 3.8) is 0 Å². The number of carbonyl (C=O) groups excluding carboxylic acids is 1. The van der Waals surface area contributed by atoms with Gasteiger partial charge in [0.15, 0.2) is 0 Å². The van der Waals surface area contributed by atoms with Gasteiger partial charge >= 0.3 is 5.97 Å². The summed E-state index contributed by atoms with van der Waals surface area (Å²) < 4.78 is 12.8. The van der Waals surface area contributed by atoms with Crippen LogP contribution in [0.3, 0.4) is 0 Å². The molecule has 1 rings (SSSR count). The van der Waals surface area contributed by atoms with Crippen LogP contribution in [0.15, 0.2) is 65.1 Å². The van der Waals surface area contributed by atoms with Gasteiger partial charge in [-0.2, -0.15) is 0 Å². The van der Waals surface area contributed by atoms with Crippen molar-refractivity contribution in [3.8, 4) is 0 Å². The Balaban J connectivity index is 2.98. The molecule has 0 aliphatic rings. The molecule has 1 amide bonds. The van der Waals surface area contributed by atoms with Crippen molar-refractivity contribution < 1.29 is 19.1 Å². The number of anilines is 1. The number of carboxylic acids is 1. The summed E-state index contributed by atoms with van der Waals surface area (Å²) in [5.74, 6) is -1.07. The van der Waals surface area contributed by atoms with Gasteiger partial charge in [0.25, 0.3) is 0 Å². The van der Waals surface area contributed by atoms with E-state index in [9.17, 15) is 14.0 Å². The van der Waals surface area contributed by atoms with E-state index in [0.717, 1.165) is 4.47 Å². The van der Waals surface area contributed by atoms with E-state index in [4.69, 9.17) is 5.11 Å². The molecule has 0 aliphatic heterocycles. The molecular weight excluding hydrogens is 391 g/mol. The molecule has 0 aromatic heterocycles. The highest BCUT2D eigenvalue weighted by Gasteiger charge is 2.13. The number of carboxylic acid groups (broad SMARTS) is 1. The summed E-state index contributed by atoms with van der Waals surface area (Å²) in [5.41, 5.74) is 0.694. The molecule has 0 saturated heterocycles. The summed E-state index contributed by atoms with van der Waals surface area (Å²) in [7, 11) is 0. The van der Waals surface area contributed by atoms with E-state index in [2.05, 4.69) is 15.9 Å². The topological polar surface area (TPSA) is 60.9 Å². The first kappa shape index (κ1) is 20.6. The highest BCUT2D eigenvalue weighted by Crippen LogP contribution is 2.19. The van der Waals surface area contributed by atoms with Gasteiger partial charge in [-0.1, -0.05) is 34.2 Å². The molecule has 0 atom stereocenters. The summed E-state index contributed by atoms with van der Waals surface area (Å²) in [5, 5.41) is 11.9. The molecule has 0 fully saturated rings. The summed E-state index contributed by atoms with van der Waals surface area (Å²) >= 11 is 3.33. The molecule has 0 heterocycles. The van der Waals surface area contributed by atoms with Gasteiger partial charge in [-0.25, -0.2) is 14.2 Å². The molecule has 1 aromatic carbocycles. The van der Waals surface area contributed by atoms with Crippen molar-refractivity contribution in [3.05, 3.63) is 65.1 Å². The third-order valence-corrected chi connectivity index (χ3v) is 3.72. The van der Waals surface area contributed by atoms with Crippen LogP contribution in [-0.4, -0.2) is 29.0 Å². The first-order chi connectivity index (χ1) is 12.0. The second-order valence-corrected chi connectivity index (χ2v) is 5.99. The Morgan fingerprint density at radius 1 is 1.20 bits per heavy atom. The Morgan fingerprint density at radius 2 is 1.84 bits per heavy atom. The molecule has 1 N–H and O–H groups in total. The maximum Gasteiger partial charge on any atom is 0.332 e. The molecule has 5 nitrogen and oxygen atoms in total. The zero-order chi connectivity index (χ0) is 18.7. The third kappa shape index (κ3) is 7.34. The highest BCUT2D eigenvalue weighted by atomic mass is 79.9. The van der Waals surface area contributed by atoms with Crippen molar-refractivity contribution in [2.45, 2.75) is 19.8 Å². The predicted molar refractivity (Wildman–Crippen MR) is 99.4 cm³/mol. The number of hydrazine groups is 1. The average molecular weight is 411 g/mol. The minimum atomic E-state index is -1.07. The van der Waals surface area contributed by atoms with Gasteiger partial charge in [0.1, 0.15) is 0 Å². The molecule has 1 aromatic rings. The largest absolute Gasteiger partial charge is 0.478 e. The van der Waals surface area contributed by atoms with E-state index in [-0.39, 0.29) is 5.57 Å². The lowest BCUT2D eigenvalue weighted by molar-refractivity contribution is -0.132. The standard InChI is InChI=1S/C18H20BrFN2O3/c1-15(18(24)25)13-21(12-6-4-2-3-5-11-20)22(14-23)17-9-7-16(19)8-10-17/h4-11,13-14H,2-3,12H2,1H3,(H,24,25)/b6-4+,11-5+,15-13+. The van der Waals surface area contributed by atoms with Crippen LogP contribution < -0.4 is 5.01 Å². The molecule has 7 heteroatoms. The van der Waals surface area contributed by atoms with E-state index in [0.29, 0.717) is 37.8 Å². The first-order valence-corrected chi connectivity index (χ1v) is 8.37. The van der Waals surface area contributed by atoms with Crippen LogP contribution in [0.5, 0.6) is 0 Å². The normalized spacial score (nSPS) is 11.9. The lowest BCUT2D eigenvalue weighted by Crippen LogP contribution is -2.38. The molecule has 0 bridgehead atoms. The van der Waals surface area contributed by atoms with Crippen molar-refractivity contribution >= 4 is 34.0 Å². The van der Waals surface area contributed by atoms with Crippen molar-refractivity contribution in [2.24, 2.45) is 0 Å². The van der Waals surface area contributed by atoms with E-state index in [1.54, 1.807) is 30.3 Å². The number of benzene rings is 1. The fraction of sp³-hybridized carbons (Fsp3) is 0.222. The predicted octanol–water partition coefficient (Wildman–Crippen LogP) is 4.44. The summed E-state index contributed by atoms with van der Waals surface area (Å²) in [6.07, 6.45) is 8.79. The molecule has 0 unspecified atom stereocenters. The molecule has 0 spiro atoms. The number of amides is 1. The second kappa shape index (κ2) is 11.2. The number of allylic oxidation sites excluding steroid dienone is 2. The van der Waals surface area contributed by atoms with Gasteiger partial charge in [0.2, 0.25) is 6.41 Å². The van der Waals surface area contributed by atoms with Crippen LogP contribution >= 0.6 is 15.9 Å². The summed E-state index contributed by atoms with van der Waals surface area (Å²) in [4.78, 5) is 22.7. The number of rotatable bonds is 10. The first-order valence-electron chi connectivity index (χ1n) is 7.58. The molecule has 134 valence electrons. The minimum Gasteiger partial charge on any atom is -0.478 e. The van der Waals surface area contributed by atoms with Crippen molar-refractivity contribution in [1.82, 2.24) is 5.01 Å². The van der Waals surface area contributed by atoms with Crippen LogP contribution in [0.1, 0.15) is 19.8 Å². The van der Waals surface area contributed by atoms with E-state index in [1.165, 1.54) is 29.2 Å². The van der Waals surface area contributed by atoms with Gasteiger partial charge in [-0.05, 0) is 44.0 Å². The fourth-order valence-electron chi connectivity index (χ4n) is 1.90. The van der Waals surface area contributed by atoms with Gasteiger partial charge in [-0.15, -0.1) is 0 Å². The minimum absolute atomic E-state index is 0.0951. The Morgan fingerprint density at radius 3 is 2.40 bits per heavy atom. The molecule has 0 radical (unpaired) electrons. The molecule has 25 heavy (non-hydrogen) atoms. The third-order valence-electron chi connectivity index (χ3n) is 3.20. The molecular formula is C18H20BrFN2O3. The van der Waals surface area contributed by atoms with Crippen LogP contribution in [0.25, 0.3) is 0 Å². The van der Waals surface area contributed by atoms with Crippen LogP contribution in [0, 0.1) is 0 Å². The maximum absolute atomic E-state index is 11.9. The Hall–Kier alpha value is -2.41. The zero-order valence-corrected chi connectivity index (χ0v) is 15.4. The smallest absolute Gasteiger partial charge is 0.332 e. The van der Waals surface area contributed by atoms with Crippen molar-refractivity contribution in [2.75, 3.05) is 11.6 Å². The van der Waals surface area contributed by atoms with Gasteiger partial charge in [0, 0.05) is 10.7 Å². The number of unbranched alkanes of at least 4 members (excludes halogenated alkanes) is 1. The SMILES string of the molecule is C/C(=C\N(C/C=C/CC/C=C/F)N(C=O)c1ccc(Br)cc1)C(=O)O. The Kier molecular flexibility index (Phi) is 9.24. The molecule has 0 aliphatic carbocycles. The summed E-state index contributed by atoms with van der Waals surface area (Å²) in [6, 6.07) is 7.06. The van der Waals surface area contributed by atoms with E-state index >= 15 is 0 Å². The van der Waals surface area contributed by atoms with Gasteiger partial charge < -0.3 is 5.11 Å². The Labute approximate surface area is 154 Å². The quantitative estimate of drug-likeness (QED) is 0.203. The average Bonchev–Trinajstić information content (AvgIpc) is 2.59. The van der Waals surface area contributed by atoms with E-state index in [1.807, 2.05) is 6.08 Å². The highest BCUT2D eigenvalue weighted by molar-refractivity contribution is 9.10. The number of hydrogen-bond donors (Lipinski definition) is 1. The zero-order valence-electron chi connectivity index (χ0n) is 13.8. The fourth-order valence-corrected chi connectivity index (χ4v) is 2.17. The monoisotopic (exact) mass is 410 g/mol. The van der Waals surface area contributed by atoms with Crippen LogP contribution in [-0.2, 0) is 9.59 Å². The number of carbonyl (C=O) groups is 2. The van der Waals surface area contributed by atoms with Gasteiger partial charge in [0.05, 0.1) is 24.1 Å². The summed E-state index contributed by atoms with van der Waals surface area (Å²) in [6.45, 7) is 1.74. The second-order valence-electron chi connectivity index (χ2n) is 5.08. The van der Waals surface area contributed by atoms with E-state index < -0.39 is 5.97 Å². The number of nitrogens with zero attached hydrogens (tertiary/aromatic N) is 2. The maximum atomic E-state index is 11.9. The van der Waals surface area contributed by atoms with Crippen LogP contribution in [0.2, 0.25) is 0 Å². The van der Waals surface area contributed by atoms with Crippen LogP contribution in [0.4, 0.5) is 10.1 Å². The lowest BCUT2D eigenvalue weighted by Gasteiger charge is -2.30. The van der Waals surface area contributed by atoms with Crippen molar-refractivity contribution in [1.29, 1.82) is 0 Å². The lowest BCUT2D eigenvalue weighted by atomic mass is 10.3. The number of aliphatic carboxylic acids is 1.